The summed E-state index contributed by atoms with van der Waals surface area (Å²) in [7, 11) is 0. The topological polar surface area (TPSA) is 33.2 Å². The highest BCUT2D eigenvalue weighted by atomic mass is 19.4. The summed E-state index contributed by atoms with van der Waals surface area (Å²) < 4.78 is 38.4. The van der Waals surface area contributed by atoms with Gasteiger partial charge in [0.25, 0.3) is 0 Å². The van der Waals surface area contributed by atoms with Crippen molar-refractivity contribution in [1.29, 1.82) is 0 Å². The van der Waals surface area contributed by atoms with Gasteiger partial charge in [0.2, 0.25) is 5.91 Å². The molecule has 2 heterocycles. The maximum absolute atomic E-state index is 12.8. The molecule has 2 rings (SSSR count). The third kappa shape index (κ3) is 2.23. The van der Waals surface area contributed by atoms with Crippen molar-refractivity contribution in [1.82, 2.24) is 4.98 Å². The quantitative estimate of drug-likeness (QED) is 0.762. The predicted octanol–water partition coefficient (Wildman–Crippen LogP) is 2.64. The smallest absolute Gasteiger partial charge is 0.296 e. The number of aromatic nitrogens is 1. The highest BCUT2D eigenvalue weighted by molar-refractivity contribution is 5.95. The standard InChI is InChI=1S/C12H11F3N2O/c1-2-8-6-10(18)17(7-8)11-9(12(13,14)15)4-3-5-16-11/h2-5,8H,1,6-7H2. The average Bonchev–Trinajstić information content (AvgIpc) is 2.69. The number of halogens is 3. The van der Waals surface area contributed by atoms with Gasteiger partial charge in [-0.1, -0.05) is 6.08 Å². The van der Waals surface area contributed by atoms with Gasteiger partial charge in [-0.25, -0.2) is 4.98 Å². The minimum atomic E-state index is -4.52. The lowest BCUT2D eigenvalue weighted by Crippen LogP contribution is -2.28. The second-order valence-electron chi connectivity index (χ2n) is 4.08. The molecule has 3 nitrogen and oxygen atoms in total. The number of hydrogen-bond acceptors (Lipinski definition) is 2. The van der Waals surface area contributed by atoms with Crippen LogP contribution in [0, 0.1) is 5.92 Å². The molecule has 1 aromatic heterocycles. The Morgan fingerprint density at radius 3 is 2.78 bits per heavy atom. The number of pyridine rings is 1. The largest absolute Gasteiger partial charge is 0.419 e. The zero-order valence-electron chi connectivity index (χ0n) is 9.44. The van der Waals surface area contributed by atoms with Crippen LogP contribution < -0.4 is 4.90 Å². The molecule has 1 atom stereocenters. The number of nitrogens with zero attached hydrogens (tertiary/aromatic N) is 2. The maximum Gasteiger partial charge on any atom is 0.419 e. The fourth-order valence-electron chi connectivity index (χ4n) is 1.93. The molecule has 0 bridgehead atoms. The first kappa shape index (κ1) is 12.6. The number of rotatable bonds is 2. The van der Waals surface area contributed by atoms with Crippen molar-refractivity contribution < 1.29 is 18.0 Å². The van der Waals surface area contributed by atoms with Gasteiger partial charge in [0.05, 0.1) is 5.56 Å². The Morgan fingerprint density at radius 1 is 1.50 bits per heavy atom. The Balaban J connectivity index is 2.40. The van der Waals surface area contributed by atoms with E-state index in [0.717, 1.165) is 11.0 Å². The molecular weight excluding hydrogens is 245 g/mol. The highest BCUT2D eigenvalue weighted by Crippen LogP contribution is 2.37. The molecule has 0 radical (unpaired) electrons. The van der Waals surface area contributed by atoms with Gasteiger partial charge >= 0.3 is 6.18 Å². The van der Waals surface area contributed by atoms with Crippen LogP contribution in [0.25, 0.3) is 0 Å². The Bertz CT molecular complexity index is 484. The number of hydrogen-bond donors (Lipinski definition) is 0. The van der Waals surface area contributed by atoms with Crippen molar-refractivity contribution in [3.05, 3.63) is 36.5 Å². The lowest BCUT2D eigenvalue weighted by atomic mass is 10.1. The molecule has 0 N–H and O–H groups in total. The zero-order valence-corrected chi connectivity index (χ0v) is 9.44. The molecule has 96 valence electrons. The molecule has 1 amide bonds. The molecule has 1 aromatic rings. The fraction of sp³-hybridized carbons (Fsp3) is 0.333. The Morgan fingerprint density at radius 2 is 2.22 bits per heavy atom. The van der Waals surface area contributed by atoms with Gasteiger partial charge in [-0.05, 0) is 12.1 Å². The number of carbonyl (C=O) groups is 1. The van der Waals surface area contributed by atoms with Crippen LogP contribution in [0.15, 0.2) is 31.0 Å². The summed E-state index contributed by atoms with van der Waals surface area (Å²) in [4.78, 5) is 16.5. The van der Waals surface area contributed by atoms with Crippen molar-refractivity contribution >= 4 is 11.7 Å². The molecule has 0 aliphatic carbocycles. The molecule has 0 spiro atoms. The van der Waals surface area contributed by atoms with Crippen LogP contribution in [0.3, 0.4) is 0 Å². The molecule has 1 unspecified atom stereocenters. The molecule has 6 heteroatoms. The van der Waals surface area contributed by atoms with Gasteiger partial charge in [0.1, 0.15) is 5.82 Å². The zero-order chi connectivity index (χ0) is 13.3. The van der Waals surface area contributed by atoms with E-state index in [0.29, 0.717) is 0 Å². The first-order valence-electron chi connectivity index (χ1n) is 5.38. The van der Waals surface area contributed by atoms with E-state index in [9.17, 15) is 18.0 Å². The van der Waals surface area contributed by atoms with Gasteiger partial charge < -0.3 is 0 Å². The van der Waals surface area contributed by atoms with E-state index in [2.05, 4.69) is 11.6 Å². The Labute approximate surface area is 102 Å². The fourth-order valence-corrected chi connectivity index (χ4v) is 1.93. The summed E-state index contributed by atoms with van der Waals surface area (Å²) in [6.45, 7) is 3.75. The van der Waals surface area contributed by atoms with Gasteiger partial charge in [-0.15, -0.1) is 6.58 Å². The Hall–Kier alpha value is -1.85. The summed E-state index contributed by atoms with van der Waals surface area (Å²) >= 11 is 0. The summed E-state index contributed by atoms with van der Waals surface area (Å²) in [5, 5.41) is 0. The molecular formula is C12H11F3N2O. The lowest BCUT2D eigenvalue weighted by molar-refractivity contribution is -0.137. The predicted molar refractivity (Wildman–Crippen MR) is 59.9 cm³/mol. The molecule has 1 aliphatic rings. The van der Waals surface area contributed by atoms with E-state index in [-0.39, 0.29) is 30.6 Å². The third-order valence-corrected chi connectivity index (χ3v) is 2.84. The number of amides is 1. The highest BCUT2D eigenvalue weighted by Gasteiger charge is 2.39. The minimum Gasteiger partial charge on any atom is -0.296 e. The Kier molecular flexibility index (Phi) is 3.11. The van der Waals surface area contributed by atoms with Crippen LogP contribution in [0.4, 0.5) is 19.0 Å². The van der Waals surface area contributed by atoms with Crippen LogP contribution in [-0.4, -0.2) is 17.4 Å². The van der Waals surface area contributed by atoms with Crippen molar-refractivity contribution in [2.24, 2.45) is 5.92 Å². The number of anilines is 1. The monoisotopic (exact) mass is 256 g/mol. The normalized spacial score (nSPS) is 20.3. The van der Waals surface area contributed by atoms with E-state index < -0.39 is 11.7 Å². The summed E-state index contributed by atoms with van der Waals surface area (Å²) in [5.74, 6) is -0.802. The van der Waals surface area contributed by atoms with Crippen LogP contribution >= 0.6 is 0 Å². The van der Waals surface area contributed by atoms with Gasteiger partial charge in [0.15, 0.2) is 0 Å². The van der Waals surface area contributed by atoms with Crippen LogP contribution in [-0.2, 0) is 11.0 Å². The molecule has 0 saturated carbocycles. The van der Waals surface area contributed by atoms with Crippen molar-refractivity contribution in [3.8, 4) is 0 Å². The van der Waals surface area contributed by atoms with Crippen LogP contribution in [0.1, 0.15) is 12.0 Å². The second kappa shape index (κ2) is 4.44. The van der Waals surface area contributed by atoms with Gasteiger partial charge in [-0.2, -0.15) is 13.2 Å². The number of carbonyl (C=O) groups excluding carboxylic acids is 1. The van der Waals surface area contributed by atoms with Crippen molar-refractivity contribution in [2.75, 3.05) is 11.4 Å². The van der Waals surface area contributed by atoms with Crippen LogP contribution in [0.5, 0.6) is 0 Å². The average molecular weight is 256 g/mol. The van der Waals surface area contributed by atoms with Crippen molar-refractivity contribution in [2.45, 2.75) is 12.6 Å². The maximum atomic E-state index is 12.8. The summed E-state index contributed by atoms with van der Waals surface area (Å²) in [5.41, 5.74) is -0.886. The second-order valence-corrected chi connectivity index (χ2v) is 4.08. The van der Waals surface area contributed by atoms with Gasteiger partial charge in [-0.3, -0.25) is 9.69 Å². The molecule has 1 aliphatic heterocycles. The van der Waals surface area contributed by atoms with Crippen molar-refractivity contribution in [3.63, 3.8) is 0 Å². The van der Waals surface area contributed by atoms with Crippen LogP contribution in [0.2, 0.25) is 0 Å². The first-order chi connectivity index (χ1) is 8.43. The SMILES string of the molecule is C=CC1CC(=O)N(c2ncccc2C(F)(F)F)C1. The van der Waals surface area contributed by atoms with E-state index in [1.165, 1.54) is 12.3 Å². The summed E-state index contributed by atoms with van der Waals surface area (Å²) in [6.07, 6.45) is -1.51. The van der Waals surface area contributed by atoms with E-state index in [1.807, 2.05) is 0 Å². The first-order valence-corrected chi connectivity index (χ1v) is 5.38. The van der Waals surface area contributed by atoms with E-state index in [4.69, 9.17) is 0 Å². The molecule has 18 heavy (non-hydrogen) atoms. The van der Waals surface area contributed by atoms with E-state index in [1.54, 1.807) is 6.08 Å². The molecule has 0 aromatic carbocycles. The minimum absolute atomic E-state index is 0.124. The van der Waals surface area contributed by atoms with E-state index >= 15 is 0 Å². The molecule has 1 fully saturated rings. The summed E-state index contributed by atoms with van der Waals surface area (Å²) in [6, 6.07) is 2.13. The van der Waals surface area contributed by atoms with Gasteiger partial charge in [0, 0.05) is 25.1 Å². The molecule has 1 saturated heterocycles. The lowest BCUT2D eigenvalue weighted by Gasteiger charge is -2.19. The number of alkyl halides is 3. The third-order valence-electron chi connectivity index (χ3n) is 2.84.